The molecule has 0 saturated heterocycles. The molecule has 54 heavy (non-hydrogen) atoms. The standard InChI is InChI=1S/C20H25FN4O.C15H22ClN3O.C6H6FN/c1-20(2,3)11-14(26)12-25(4)19-15-6-5-7-16(15)23-18(24-19)17-10-13(21)8-9-22-17;1-15(2,3)8-10(20)9-19(4)13-11-6-5-7-12(11)17-14(16)18-13;1-5-4-6(7)2-3-8-5/h8-10H,5-7,11-12H2,1-4H3;5-9H2,1-4H3;2-4H,1H3. The van der Waals surface area contributed by atoms with E-state index in [1.165, 1.54) is 36.7 Å². The van der Waals surface area contributed by atoms with Gasteiger partial charge in [-0.2, -0.15) is 0 Å². The zero-order chi connectivity index (χ0) is 39.8. The minimum absolute atomic E-state index is 0.0171. The lowest BCUT2D eigenvalue weighted by atomic mass is 9.90. The molecule has 0 saturated carbocycles. The van der Waals surface area contributed by atoms with Crippen molar-refractivity contribution in [1.82, 2.24) is 29.9 Å². The molecule has 4 aromatic rings. The number of hydrogen-bond donors (Lipinski definition) is 0. The summed E-state index contributed by atoms with van der Waals surface area (Å²) in [4.78, 5) is 54.1. The van der Waals surface area contributed by atoms with E-state index in [2.05, 4.69) is 71.4 Å². The first-order valence-corrected chi connectivity index (χ1v) is 18.8. The molecule has 0 spiro atoms. The molecule has 4 aromatic heterocycles. The van der Waals surface area contributed by atoms with E-state index in [4.69, 9.17) is 11.6 Å². The van der Waals surface area contributed by atoms with Crippen LogP contribution in [0.3, 0.4) is 0 Å². The Hall–Kier alpha value is -4.45. The number of carbonyl (C=O) groups excluding carboxylic acids is 2. The van der Waals surface area contributed by atoms with Crippen molar-refractivity contribution in [1.29, 1.82) is 0 Å². The summed E-state index contributed by atoms with van der Waals surface area (Å²) >= 11 is 5.98. The van der Waals surface area contributed by atoms with Crippen LogP contribution in [-0.4, -0.2) is 68.7 Å². The summed E-state index contributed by atoms with van der Waals surface area (Å²) in [6.07, 6.45) is 9.75. The molecule has 0 atom stereocenters. The smallest absolute Gasteiger partial charge is 0.224 e. The number of likely N-dealkylation sites (N-methyl/N-ethyl adjacent to an activating group) is 2. The lowest BCUT2D eigenvalue weighted by molar-refractivity contribution is -0.120. The number of halogens is 3. The van der Waals surface area contributed by atoms with Crippen LogP contribution in [0.4, 0.5) is 20.4 Å². The first-order valence-electron chi connectivity index (χ1n) is 18.4. The maximum atomic E-state index is 13.6. The Kier molecular flexibility index (Phi) is 14.3. The fourth-order valence-corrected chi connectivity index (χ4v) is 6.74. The monoisotopic (exact) mass is 762 g/mol. The molecule has 13 heteroatoms. The Bertz CT molecular complexity index is 1930. The zero-order valence-corrected chi connectivity index (χ0v) is 33.8. The molecule has 0 N–H and O–H groups in total. The molecule has 4 heterocycles. The van der Waals surface area contributed by atoms with Gasteiger partial charge in [-0.15, -0.1) is 0 Å². The fourth-order valence-electron chi connectivity index (χ4n) is 6.55. The highest BCUT2D eigenvalue weighted by Gasteiger charge is 2.26. The van der Waals surface area contributed by atoms with Gasteiger partial charge in [-0.3, -0.25) is 19.6 Å². The number of ketones is 2. The topological polar surface area (TPSA) is 118 Å². The Balaban J connectivity index is 0.000000204. The molecule has 290 valence electrons. The fraction of sp³-hybridized carbons (Fsp3) is 0.512. The molecule has 0 amide bonds. The van der Waals surface area contributed by atoms with Crippen molar-refractivity contribution < 1.29 is 18.4 Å². The molecule has 0 aromatic carbocycles. The van der Waals surface area contributed by atoms with E-state index in [0.717, 1.165) is 72.7 Å². The molecule has 10 nitrogen and oxygen atoms in total. The predicted octanol–water partition coefficient (Wildman–Crippen LogP) is 8.20. The number of aryl methyl sites for hydroxylation is 3. The number of aromatic nitrogens is 6. The van der Waals surface area contributed by atoms with Gasteiger partial charge in [-0.1, -0.05) is 41.5 Å². The van der Waals surface area contributed by atoms with Gasteiger partial charge in [-0.05, 0) is 86.1 Å². The second-order valence-corrected chi connectivity index (χ2v) is 16.8. The molecular formula is C41H53ClF2N8O2. The van der Waals surface area contributed by atoms with Gasteiger partial charge in [-0.25, -0.2) is 28.7 Å². The number of rotatable bonds is 9. The molecule has 0 bridgehead atoms. The molecule has 2 aliphatic rings. The van der Waals surface area contributed by atoms with E-state index < -0.39 is 0 Å². The summed E-state index contributed by atoms with van der Waals surface area (Å²) in [5.74, 6) is 1.80. The van der Waals surface area contributed by atoms with Crippen LogP contribution in [0.1, 0.15) is 95.4 Å². The van der Waals surface area contributed by atoms with Crippen LogP contribution < -0.4 is 9.80 Å². The van der Waals surface area contributed by atoms with Crippen LogP contribution in [0, 0.1) is 29.4 Å². The van der Waals surface area contributed by atoms with Crippen molar-refractivity contribution in [2.24, 2.45) is 10.8 Å². The molecule has 6 rings (SSSR count). The zero-order valence-electron chi connectivity index (χ0n) is 33.1. The van der Waals surface area contributed by atoms with Crippen LogP contribution in [0.5, 0.6) is 0 Å². The van der Waals surface area contributed by atoms with Crippen molar-refractivity contribution in [2.45, 2.75) is 99.8 Å². The second kappa shape index (κ2) is 18.3. The summed E-state index contributed by atoms with van der Waals surface area (Å²) in [5, 5.41) is 0.274. The number of pyridine rings is 2. The van der Waals surface area contributed by atoms with E-state index in [9.17, 15) is 18.4 Å². The van der Waals surface area contributed by atoms with E-state index in [1.54, 1.807) is 6.92 Å². The van der Waals surface area contributed by atoms with Gasteiger partial charge in [0.25, 0.3) is 0 Å². The minimum Gasteiger partial charge on any atom is -0.352 e. The highest BCUT2D eigenvalue weighted by molar-refractivity contribution is 6.28. The van der Waals surface area contributed by atoms with E-state index in [0.29, 0.717) is 43.1 Å². The SMILES string of the molecule is CN(CC(=O)CC(C)(C)C)c1nc(-c2cc(F)ccn2)nc2c1CCC2.CN(CC(=O)CC(C)(C)C)c1nc(Cl)nc2c1CCC2.Cc1cc(F)ccn1. The summed E-state index contributed by atoms with van der Waals surface area (Å²) in [5.41, 5.74) is 5.36. The predicted molar refractivity (Wildman–Crippen MR) is 210 cm³/mol. The van der Waals surface area contributed by atoms with Gasteiger partial charge in [0.15, 0.2) is 17.4 Å². The van der Waals surface area contributed by atoms with Gasteiger partial charge in [0.2, 0.25) is 5.28 Å². The van der Waals surface area contributed by atoms with Gasteiger partial charge in [0, 0.05) is 67.9 Å². The van der Waals surface area contributed by atoms with Crippen molar-refractivity contribution in [3.63, 3.8) is 0 Å². The second-order valence-electron chi connectivity index (χ2n) is 16.5. The van der Waals surface area contributed by atoms with E-state index >= 15 is 0 Å². The number of nitrogens with zero attached hydrogens (tertiary/aromatic N) is 8. The van der Waals surface area contributed by atoms with Gasteiger partial charge in [0.1, 0.15) is 29.0 Å². The third-order valence-electron chi connectivity index (χ3n) is 8.61. The summed E-state index contributed by atoms with van der Waals surface area (Å²) < 4.78 is 25.7. The number of Topliss-reactive ketones (excluding diaryl/α,β-unsaturated/α-hetero) is 2. The van der Waals surface area contributed by atoms with E-state index in [1.807, 2.05) is 23.9 Å². The quantitative estimate of drug-likeness (QED) is 0.155. The average molecular weight is 763 g/mol. The number of carbonyl (C=O) groups is 2. The lowest BCUT2D eigenvalue weighted by Crippen LogP contribution is -2.30. The average Bonchev–Trinajstić information content (AvgIpc) is 3.72. The van der Waals surface area contributed by atoms with Crippen molar-refractivity contribution in [3.8, 4) is 11.5 Å². The summed E-state index contributed by atoms with van der Waals surface area (Å²) in [7, 11) is 3.78. The molecular weight excluding hydrogens is 710 g/mol. The van der Waals surface area contributed by atoms with Crippen LogP contribution in [0.25, 0.3) is 11.5 Å². The van der Waals surface area contributed by atoms with Gasteiger partial charge < -0.3 is 9.80 Å². The lowest BCUT2D eigenvalue weighted by Gasteiger charge is -2.23. The van der Waals surface area contributed by atoms with Crippen LogP contribution in [0.2, 0.25) is 5.28 Å². The summed E-state index contributed by atoms with van der Waals surface area (Å²) in [6, 6.07) is 5.35. The molecule has 0 unspecified atom stereocenters. The van der Waals surface area contributed by atoms with E-state index in [-0.39, 0.29) is 39.3 Å². The minimum atomic E-state index is -0.366. The Morgan fingerprint density at radius 3 is 1.65 bits per heavy atom. The maximum absolute atomic E-state index is 13.6. The van der Waals surface area contributed by atoms with Crippen LogP contribution >= 0.6 is 11.6 Å². The largest absolute Gasteiger partial charge is 0.352 e. The molecule has 0 radical (unpaired) electrons. The normalized spacial score (nSPS) is 13.2. The first-order chi connectivity index (χ1) is 25.3. The number of anilines is 2. The number of hydrogen-bond acceptors (Lipinski definition) is 10. The van der Waals surface area contributed by atoms with Crippen LogP contribution in [0.15, 0.2) is 36.7 Å². The maximum Gasteiger partial charge on any atom is 0.224 e. The Morgan fingerprint density at radius 1 is 0.704 bits per heavy atom. The first kappa shape index (κ1) is 42.3. The third-order valence-corrected chi connectivity index (χ3v) is 8.78. The summed E-state index contributed by atoms with van der Waals surface area (Å²) in [6.45, 7) is 14.8. The Morgan fingerprint density at radius 2 is 1.19 bits per heavy atom. The molecule has 2 aliphatic carbocycles. The van der Waals surface area contributed by atoms with Crippen molar-refractivity contribution in [2.75, 3.05) is 37.0 Å². The van der Waals surface area contributed by atoms with Crippen molar-refractivity contribution >= 4 is 34.8 Å². The van der Waals surface area contributed by atoms with Crippen molar-refractivity contribution in [3.05, 3.63) is 81.8 Å². The third kappa shape index (κ3) is 12.8. The van der Waals surface area contributed by atoms with Crippen LogP contribution in [-0.2, 0) is 35.3 Å². The Labute approximate surface area is 323 Å². The van der Waals surface area contributed by atoms with Gasteiger partial charge >= 0.3 is 0 Å². The molecule has 0 fully saturated rings. The molecule has 0 aliphatic heterocycles. The number of fused-ring (bicyclic) bond motifs is 2. The highest BCUT2D eigenvalue weighted by Crippen LogP contribution is 2.32. The van der Waals surface area contributed by atoms with Gasteiger partial charge in [0.05, 0.1) is 18.8 Å². The highest BCUT2D eigenvalue weighted by atomic mass is 35.5.